The number of aryl methyl sites for hydroxylation is 1. The summed E-state index contributed by atoms with van der Waals surface area (Å²) in [6.07, 6.45) is 2.17. The van der Waals surface area contributed by atoms with Gasteiger partial charge in [-0.3, -0.25) is 4.57 Å². The third kappa shape index (κ3) is 3.05. The summed E-state index contributed by atoms with van der Waals surface area (Å²) in [7, 11) is 1.73. The molecule has 1 aromatic heterocycles. The lowest BCUT2D eigenvalue weighted by Gasteiger charge is -2.34. The fourth-order valence-corrected chi connectivity index (χ4v) is 2.67. The number of nitrogens with zero attached hydrogens (tertiary/aromatic N) is 1. The van der Waals surface area contributed by atoms with E-state index < -0.39 is 0 Å². The lowest BCUT2D eigenvalue weighted by Crippen LogP contribution is -2.34. The maximum Gasteiger partial charge on any atom is 0.419 e. The van der Waals surface area contributed by atoms with E-state index in [1.807, 2.05) is 12.1 Å². The Morgan fingerprint density at radius 1 is 1.33 bits per heavy atom. The molecule has 1 atom stereocenters. The van der Waals surface area contributed by atoms with Gasteiger partial charge in [-0.2, -0.15) is 0 Å². The Bertz CT molecular complexity index is 667. The van der Waals surface area contributed by atoms with Crippen LogP contribution in [0.15, 0.2) is 27.4 Å². The summed E-state index contributed by atoms with van der Waals surface area (Å²) in [6, 6.07) is 6.32. The van der Waals surface area contributed by atoms with Crippen molar-refractivity contribution in [3.8, 4) is 0 Å². The second kappa shape index (κ2) is 6.06. The molecule has 1 unspecified atom stereocenters. The van der Waals surface area contributed by atoms with Crippen LogP contribution in [0.1, 0.15) is 52.1 Å². The number of benzene rings is 1. The molecule has 0 fully saturated rings. The zero-order valence-corrected chi connectivity index (χ0v) is 13.7. The minimum absolute atomic E-state index is 0.137. The van der Waals surface area contributed by atoms with Crippen molar-refractivity contribution in [3.63, 3.8) is 0 Å². The lowest BCUT2D eigenvalue weighted by atomic mass is 9.78. The first-order valence-corrected chi connectivity index (χ1v) is 7.73. The highest BCUT2D eigenvalue weighted by molar-refractivity contribution is 5.73. The SMILES string of the molecule is CCCNC(c1ccc2c(c1)oc(=O)n2C)C(C)(C)CC. The summed E-state index contributed by atoms with van der Waals surface area (Å²) < 4.78 is 6.86. The maximum atomic E-state index is 11.6. The van der Waals surface area contributed by atoms with E-state index in [-0.39, 0.29) is 17.2 Å². The highest BCUT2D eigenvalue weighted by atomic mass is 16.4. The number of aromatic nitrogens is 1. The molecule has 0 saturated carbocycles. The van der Waals surface area contributed by atoms with Crippen LogP contribution in [-0.2, 0) is 7.05 Å². The van der Waals surface area contributed by atoms with Crippen LogP contribution in [0.5, 0.6) is 0 Å². The third-order valence-corrected chi connectivity index (χ3v) is 4.44. The molecule has 0 aliphatic carbocycles. The van der Waals surface area contributed by atoms with Crippen molar-refractivity contribution in [2.24, 2.45) is 12.5 Å². The van der Waals surface area contributed by atoms with Gasteiger partial charge in [0.05, 0.1) is 5.52 Å². The first-order valence-electron chi connectivity index (χ1n) is 7.73. The molecule has 4 heteroatoms. The molecule has 0 radical (unpaired) electrons. The molecule has 4 nitrogen and oxygen atoms in total. The largest absolute Gasteiger partial charge is 0.419 e. The molecule has 0 aliphatic rings. The summed E-state index contributed by atoms with van der Waals surface area (Å²) in [5, 5.41) is 3.64. The molecule has 1 N–H and O–H groups in total. The third-order valence-electron chi connectivity index (χ3n) is 4.44. The minimum Gasteiger partial charge on any atom is -0.408 e. The number of hydrogen-bond donors (Lipinski definition) is 1. The van der Waals surface area contributed by atoms with Crippen molar-refractivity contribution in [2.45, 2.75) is 46.6 Å². The summed E-state index contributed by atoms with van der Waals surface area (Å²) >= 11 is 0. The maximum absolute atomic E-state index is 11.6. The van der Waals surface area contributed by atoms with Crippen LogP contribution >= 0.6 is 0 Å². The monoisotopic (exact) mass is 290 g/mol. The van der Waals surface area contributed by atoms with E-state index in [9.17, 15) is 4.79 Å². The van der Waals surface area contributed by atoms with Crippen molar-refractivity contribution in [1.82, 2.24) is 9.88 Å². The fourth-order valence-electron chi connectivity index (χ4n) is 2.67. The minimum atomic E-state index is -0.310. The van der Waals surface area contributed by atoms with Gasteiger partial charge >= 0.3 is 5.76 Å². The Kier molecular flexibility index (Phi) is 4.57. The van der Waals surface area contributed by atoms with Gasteiger partial charge < -0.3 is 9.73 Å². The van der Waals surface area contributed by atoms with Gasteiger partial charge in [0.2, 0.25) is 0 Å². The van der Waals surface area contributed by atoms with Crippen LogP contribution in [0.3, 0.4) is 0 Å². The van der Waals surface area contributed by atoms with Crippen LogP contribution in [0, 0.1) is 5.41 Å². The Morgan fingerprint density at radius 3 is 2.67 bits per heavy atom. The van der Waals surface area contributed by atoms with Crippen molar-refractivity contribution in [1.29, 1.82) is 0 Å². The standard InChI is InChI=1S/C17H26N2O2/c1-6-10-18-15(17(3,4)7-2)12-8-9-13-14(11-12)21-16(20)19(13)5/h8-9,11,15,18H,6-7,10H2,1-5H3. The van der Waals surface area contributed by atoms with Crippen LogP contribution < -0.4 is 11.1 Å². The van der Waals surface area contributed by atoms with E-state index in [0.717, 1.165) is 24.9 Å². The van der Waals surface area contributed by atoms with Gasteiger partial charge in [0.25, 0.3) is 0 Å². The van der Waals surface area contributed by atoms with Crippen molar-refractivity contribution >= 4 is 11.1 Å². The molecule has 0 aliphatic heterocycles. The summed E-state index contributed by atoms with van der Waals surface area (Å²) in [4.78, 5) is 11.6. The van der Waals surface area contributed by atoms with Crippen LogP contribution in [0.2, 0.25) is 0 Å². The summed E-state index contributed by atoms with van der Waals surface area (Å²) in [5.41, 5.74) is 2.82. The molecule has 1 aromatic carbocycles. The summed E-state index contributed by atoms with van der Waals surface area (Å²) in [6.45, 7) is 9.90. The number of rotatable bonds is 6. The molecular formula is C17H26N2O2. The fraction of sp³-hybridized carbons (Fsp3) is 0.588. The van der Waals surface area contributed by atoms with E-state index in [0.29, 0.717) is 5.58 Å². The molecule has 0 amide bonds. The van der Waals surface area contributed by atoms with Gasteiger partial charge in [-0.15, -0.1) is 0 Å². The van der Waals surface area contributed by atoms with Crippen LogP contribution in [0.4, 0.5) is 0 Å². The van der Waals surface area contributed by atoms with Crippen LogP contribution in [-0.4, -0.2) is 11.1 Å². The first kappa shape index (κ1) is 15.8. The van der Waals surface area contributed by atoms with Crippen molar-refractivity contribution in [3.05, 3.63) is 34.3 Å². The molecule has 2 rings (SSSR count). The zero-order valence-electron chi connectivity index (χ0n) is 13.7. The second-order valence-corrected chi connectivity index (χ2v) is 6.38. The van der Waals surface area contributed by atoms with Crippen molar-refractivity contribution in [2.75, 3.05) is 6.54 Å². The molecule has 2 aromatic rings. The van der Waals surface area contributed by atoms with Gasteiger partial charge in [-0.1, -0.05) is 33.8 Å². The Balaban J connectivity index is 2.46. The van der Waals surface area contributed by atoms with Crippen molar-refractivity contribution < 1.29 is 4.42 Å². The van der Waals surface area contributed by atoms with E-state index in [4.69, 9.17) is 4.42 Å². The summed E-state index contributed by atoms with van der Waals surface area (Å²) in [5.74, 6) is -0.310. The Labute approximate surface area is 126 Å². The van der Waals surface area contributed by atoms with Gasteiger partial charge in [-0.05, 0) is 42.5 Å². The van der Waals surface area contributed by atoms with E-state index in [1.54, 1.807) is 11.6 Å². The molecule has 0 spiro atoms. The number of oxazole rings is 1. The Hall–Kier alpha value is -1.55. The van der Waals surface area contributed by atoms with E-state index in [1.165, 1.54) is 5.56 Å². The zero-order chi connectivity index (χ0) is 15.6. The predicted octanol–water partition coefficient (Wildman–Crippen LogP) is 3.61. The molecule has 1 heterocycles. The number of fused-ring (bicyclic) bond motifs is 1. The topological polar surface area (TPSA) is 47.2 Å². The van der Waals surface area contributed by atoms with Crippen LogP contribution in [0.25, 0.3) is 11.1 Å². The average Bonchev–Trinajstić information content (AvgIpc) is 2.74. The quantitative estimate of drug-likeness (QED) is 0.884. The molecule has 21 heavy (non-hydrogen) atoms. The smallest absolute Gasteiger partial charge is 0.408 e. The van der Waals surface area contributed by atoms with Gasteiger partial charge in [0, 0.05) is 13.1 Å². The van der Waals surface area contributed by atoms with E-state index in [2.05, 4.69) is 39.1 Å². The van der Waals surface area contributed by atoms with Gasteiger partial charge in [0.1, 0.15) is 0 Å². The number of nitrogens with one attached hydrogen (secondary N) is 1. The number of hydrogen-bond acceptors (Lipinski definition) is 3. The highest BCUT2D eigenvalue weighted by Crippen LogP contribution is 2.37. The molecule has 0 bridgehead atoms. The second-order valence-electron chi connectivity index (χ2n) is 6.38. The lowest BCUT2D eigenvalue weighted by molar-refractivity contribution is 0.235. The molecular weight excluding hydrogens is 264 g/mol. The average molecular weight is 290 g/mol. The highest BCUT2D eigenvalue weighted by Gasteiger charge is 2.29. The first-order chi connectivity index (χ1) is 9.90. The molecule has 0 saturated heterocycles. The van der Waals surface area contributed by atoms with Gasteiger partial charge in [0.15, 0.2) is 5.58 Å². The Morgan fingerprint density at radius 2 is 2.05 bits per heavy atom. The van der Waals surface area contributed by atoms with E-state index >= 15 is 0 Å². The molecule has 116 valence electrons. The predicted molar refractivity (Wildman–Crippen MR) is 86.6 cm³/mol. The normalized spacial score (nSPS) is 13.8. The van der Waals surface area contributed by atoms with Gasteiger partial charge in [-0.25, -0.2) is 4.79 Å².